The molecular weight excluding hydrogens is 232 g/mol. The minimum absolute atomic E-state index is 0.00550. The van der Waals surface area contributed by atoms with Crippen molar-refractivity contribution >= 4 is 5.97 Å². The molecule has 0 saturated heterocycles. The average molecular weight is 254 g/mol. The smallest absolute Gasteiger partial charge is 0.317 e. The summed E-state index contributed by atoms with van der Waals surface area (Å²) < 4.78 is 1.82. The molecule has 1 aromatic rings. The van der Waals surface area contributed by atoms with E-state index in [-0.39, 0.29) is 18.1 Å². The van der Waals surface area contributed by atoms with E-state index < -0.39 is 5.97 Å². The maximum atomic E-state index is 10.9. The summed E-state index contributed by atoms with van der Waals surface area (Å²) in [5, 5.41) is 13.1. The molecule has 102 valence electrons. The Morgan fingerprint density at radius 3 is 2.56 bits per heavy atom. The maximum Gasteiger partial charge on any atom is 0.317 e. The molecule has 0 amide bonds. The van der Waals surface area contributed by atoms with E-state index in [0.29, 0.717) is 6.54 Å². The second kappa shape index (κ2) is 5.48. The quantitative estimate of drug-likeness (QED) is 0.863. The van der Waals surface area contributed by atoms with Gasteiger partial charge in [-0.3, -0.25) is 9.69 Å². The number of rotatable bonds is 5. The van der Waals surface area contributed by atoms with Crippen LogP contribution in [-0.2, 0) is 11.3 Å². The number of hydrogen-bond acceptors (Lipinski definition) is 4. The van der Waals surface area contributed by atoms with Crippen LogP contribution in [0.2, 0.25) is 0 Å². The number of carbonyl (C=O) groups is 1. The predicted molar refractivity (Wildman–Crippen MR) is 68.2 cm³/mol. The predicted octanol–water partition coefficient (Wildman–Crippen LogP) is 1.54. The topological polar surface area (TPSA) is 71.2 Å². The van der Waals surface area contributed by atoms with Gasteiger partial charge in [0.2, 0.25) is 0 Å². The number of hydrogen-bond donors (Lipinski definition) is 1. The Hall–Kier alpha value is -1.43. The number of aliphatic carboxylic acids is 1. The molecule has 0 aliphatic carbocycles. The summed E-state index contributed by atoms with van der Waals surface area (Å²) in [6.45, 7) is 10.5. The molecule has 6 heteroatoms. The van der Waals surface area contributed by atoms with Gasteiger partial charge in [-0.05, 0) is 34.6 Å². The Kier molecular flexibility index (Phi) is 4.45. The molecule has 18 heavy (non-hydrogen) atoms. The third-order valence-corrected chi connectivity index (χ3v) is 2.74. The van der Waals surface area contributed by atoms with Gasteiger partial charge >= 0.3 is 5.97 Å². The van der Waals surface area contributed by atoms with E-state index in [1.54, 1.807) is 0 Å². The van der Waals surface area contributed by atoms with Crippen molar-refractivity contribution in [1.29, 1.82) is 0 Å². The van der Waals surface area contributed by atoms with Gasteiger partial charge in [-0.1, -0.05) is 0 Å². The van der Waals surface area contributed by atoms with Gasteiger partial charge in [0.1, 0.15) is 12.2 Å². The lowest BCUT2D eigenvalue weighted by atomic mass is 10.1. The van der Waals surface area contributed by atoms with E-state index in [0.717, 1.165) is 5.82 Å². The van der Waals surface area contributed by atoms with Gasteiger partial charge in [-0.25, -0.2) is 9.67 Å². The van der Waals surface area contributed by atoms with Crippen molar-refractivity contribution in [3.05, 3.63) is 12.2 Å². The number of nitrogens with zero attached hydrogens (tertiary/aromatic N) is 4. The van der Waals surface area contributed by atoms with E-state index in [2.05, 4.69) is 10.1 Å². The molecule has 0 atom stereocenters. The molecular formula is C12H22N4O2. The fourth-order valence-electron chi connectivity index (χ4n) is 1.68. The van der Waals surface area contributed by atoms with Crippen molar-refractivity contribution in [2.45, 2.75) is 52.7 Å². The molecule has 0 unspecified atom stereocenters. The van der Waals surface area contributed by atoms with E-state index in [4.69, 9.17) is 5.11 Å². The molecule has 1 heterocycles. The Balaban J connectivity index is 2.89. The third kappa shape index (κ3) is 3.80. The Bertz CT molecular complexity index is 406. The maximum absolute atomic E-state index is 10.9. The summed E-state index contributed by atoms with van der Waals surface area (Å²) in [4.78, 5) is 17.0. The van der Waals surface area contributed by atoms with Crippen molar-refractivity contribution in [2.24, 2.45) is 0 Å². The monoisotopic (exact) mass is 254 g/mol. The summed E-state index contributed by atoms with van der Waals surface area (Å²) >= 11 is 0. The van der Waals surface area contributed by atoms with Gasteiger partial charge in [0.25, 0.3) is 0 Å². The first-order chi connectivity index (χ1) is 8.21. The van der Waals surface area contributed by atoms with Crippen LogP contribution in [0, 0.1) is 0 Å². The van der Waals surface area contributed by atoms with E-state index >= 15 is 0 Å². The SMILES string of the molecule is CC(C)n1ncnc1CN(CC(=O)O)C(C)(C)C. The molecule has 0 fully saturated rings. The summed E-state index contributed by atoms with van der Waals surface area (Å²) in [6, 6.07) is 0.217. The fraction of sp³-hybridized carbons (Fsp3) is 0.750. The highest BCUT2D eigenvalue weighted by molar-refractivity contribution is 5.69. The van der Waals surface area contributed by atoms with Gasteiger partial charge in [-0.2, -0.15) is 5.10 Å². The molecule has 1 aromatic heterocycles. The number of carboxylic acids is 1. The lowest BCUT2D eigenvalue weighted by molar-refractivity contribution is -0.140. The van der Waals surface area contributed by atoms with Crippen LogP contribution < -0.4 is 0 Å². The first-order valence-electron chi connectivity index (χ1n) is 6.07. The van der Waals surface area contributed by atoms with Gasteiger partial charge in [-0.15, -0.1) is 0 Å². The van der Waals surface area contributed by atoms with Gasteiger partial charge in [0, 0.05) is 11.6 Å². The summed E-state index contributed by atoms with van der Waals surface area (Å²) in [6.07, 6.45) is 1.51. The van der Waals surface area contributed by atoms with E-state index in [9.17, 15) is 4.79 Å². The van der Waals surface area contributed by atoms with Crippen LogP contribution in [-0.4, -0.2) is 42.8 Å². The Labute approximate surface area is 108 Å². The molecule has 0 aliphatic rings. The van der Waals surface area contributed by atoms with Crippen molar-refractivity contribution in [3.8, 4) is 0 Å². The Morgan fingerprint density at radius 2 is 2.11 bits per heavy atom. The second-order valence-corrected chi connectivity index (χ2v) is 5.64. The minimum atomic E-state index is -0.833. The normalized spacial score (nSPS) is 12.4. The average Bonchev–Trinajstić information content (AvgIpc) is 2.62. The summed E-state index contributed by atoms with van der Waals surface area (Å²) in [5.41, 5.74) is -0.230. The lowest BCUT2D eigenvalue weighted by Gasteiger charge is -2.34. The van der Waals surface area contributed by atoms with Crippen LogP contribution in [0.4, 0.5) is 0 Å². The van der Waals surface area contributed by atoms with Crippen LogP contribution in [0.3, 0.4) is 0 Å². The van der Waals surface area contributed by atoms with Gasteiger partial charge in [0.15, 0.2) is 0 Å². The molecule has 1 N–H and O–H groups in total. The zero-order valence-electron chi connectivity index (χ0n) is 11.7. The zero-order valence-corrected chi connectivity index (χ0v) is 11.7. The van der Waals surface area contributed by atoms with Crippen LogP contribution in [0.5, 0.6) is 0 Å². The van der Waals surface area contributed by atoms with Gasteiger partial charge < -0.3 is 5.11 Å². The zero-order chi connectivity index (χ0) is 13.9. The molecule has 1 rings (SSSR count). The van der Waals surface area contributed by atoms with Crippen LogP contribution in [0.25, 0.3) is 0 Å². The summed E-state index contributed by atoms with van der Waals surface area (Å²) in [7, 11) is 0. The molecule has 0 bridgehead atoms. The molecule has 0 spiro atoms. The summed E-state index contributed by atoms with van der Waals surface area (Å²) in [5.74, 6) is -0.0401. The third-order valence-electron chi connectivity index (χ3n) is 2.74. The number of carboxylic acid groups (broad SMARTS) is 1. The lowest BCUT2D eigenvalue weighted by Crippen LogP contribution is -2.44. The highest BCUT2D eigenvalue weighted by Crippen LogP contribution is 2.17. The van der Waals surface area contributed by atoms with E-state index in [1.807, 2.05) is 44.2 Å². The van der Waals surface area contributed by atoms with Crippen LogP contribution in [0.1, 0.15) is 46.5 Å². The Morgan fingerprint density at radius 1 is 1.50 bits per heavy atom. The number of aromatic nitrogens is 3. The van der Waals surface area contributed by atoms with Crippen LogP contribution >= 0.6 is 0 Å². The van der Waals surface area contributed by atoms with Crippen molar-refractivity contribution < 1.29 is 9.90 Å². The molecule has 0 aromatic carbocycles. The van der Waals surface area contributed by atoms with Gasteiger partial charge in [0.05, 0.1) is 13.1 Å². The standard InChI is InChI=1S/C12H22N4O2/c1-9(2)16-10(13-8-14-16)6-15(7-11(17)18)12(3,4)5/h8-9H,6-7H2,1-5H3,(H,17,18). The first kappa shape index (κ1) is 14.6. The molecule has 0 saturated carbocycles. The van der Waals surface area contributed by atoms with Crippen LogP contribution in [0.15, 0.2) is 6.33 Å². The highest BCUT2D eigenvalue weighted by Gasteiger charge is 2.25. The van der Waals surface area contributed by atoms with Crippen molar-refractivity contribution in [1.82, 2.24) is 19.7 Å². The van der Waals surface area contributed by atoms with E-state index in [1.165, 1.54) is 6.33 Å². The highest BCUT2D eigenvalue weighted by atomic mass is 16.4. The minimum Gasteiger partial charge on any atom is -0.480 e. The molecule has 0 radical (unpaired) electrons. The largest absolute Gasteiger partial charge is 0.480 e. The second-order valence-electron chi connectivity index (χ2n) is 5.64. The van der Waals surface area contributed by atoms with Crippen molar-refractivity contribution in [2.75, 3.05) is 6.54 Å². The fourth-order valence-corrected chi connectivity index (χ4v) is 1.68. The first-order valence-corrected chi connectivity index (χ1v) is 6.07. The molecule has 0 aliphatic heterocycles. The van der Waals surface area contributed by atoms with Crippen molar-refractivity contribution in [3.63, 3.8) is 0 Å². The molecule has 6 nitrogen and oxygen atoms in total.